The fourth-order valence-electron chi connectivity index (χ4n) is 1.76. The van der Waals surface area contributed by atoms with Crippen molar-refractivity contribution in [2.24, 2.45) is 5.92 Å². The van der Waals surface area contributed by atoms with Gasteiger partial charge in [-0.1, -0.05) is 0 Å². The van der Waals surface area contributed by atoms with E-state index in [1.54, 1.807) is 6.20 Å². The highest BCUT2D eigenvalue weighted by molar-refractivity contribution is 7.13. The maximum atomic E-state index is 12.8. The smallest absolute Gasteiger partial charge is 0.248 e. The van der Waals surface area contributed by atoms with Crippen LogP contribution in [0.25, 0.3) is 0 Å². The zero-order valence-electron chi connectivity index (χ0n) is 7.67. The normalized spacial score (nSPS) is 25.1. The van der Waals surface area contributed by atoms with Crippen LogP contribution in [0.1, 0.15) is 19.3 Å². The summed E-state index contributed by atoms with van der Waals surface area (Å²) in [5, 5.41) is 5.76. The molecule has 1 fully saturated rings. The Morgan fingerprint density at radius 1 is 1.64 bits per heavy atom. The molecule has 14 heavy (non-hydrogen) atoms. The highest BCUT2D eigenvalue weighted by Gasteiger charge is 2.39. The first-order valence-electron chi connectivity index (χ1n) is 4.67. The molecule has 1 aliphatic carbocycles. The number of alkyl halides is 2. The van der Waals surface area contributed by atoms with Gasteiger partial charge >= 0.3 is 0 Å². The first-order valence-corrected chi connectivity index (χ1v) is 5.55. The largest absolute Gasteiger partial charge is 0.361 e. The average Bonchev–Trinajstić information content (AvgIpc) is 2.70. The Morgan fingerprint density at radius 2 is 2.50 bits per heavy atom. The molecule has 0 aliphatic heterocycles. The van der Waals surface area contributed by atoms with Crippen molar-refractivity contribution in [3.05, 3.63) is 11.6 Å². The van der Waals surface area contributed by atoms with E-state index in [9.17, 15) is 8.78 Å². The minimum absolute atomic E-state index is 0.0192. The van der Waals surface area contributed by atoms with Crippen LogP contribution in [0.5, 0.6) is 0 Å². The van der Waals surface area contributed by atoms with Crippen molar-refractivity contribution in [2.75, 3.05) is 11.9 Å². The molecule has 78 valence electrons. The van der Waals surface area contributed by atoms with Crippen LogP contribution in [0.2, 0.25) is 0 Å². The minimum Gasteiger partial charge on any atom is -0.361 e. The summed E-state index contributed by atoms with van der Waals surface area (Å²) in [7, 11) is 0. The summed E-state index contributed by atoms with van der Waals surface area (Å²) in [6, 6.07) is 0. The highest BCUT2D eigenvalue weighted by atomic mass is 32.1. The molecule has 1 aromatic rings. The van der Waals surface area contributed by atoms with E-state index >= 15 is 0 Å². The SMILES string of the molecule is FC1(F)CCC(CNc2nccs2)C1. The number of hydrogen-bond donors (Lipinski definition) is 1. The molecule has 1 N–H and O–H groups in total. The van der Waals surface area contributed by atoms with E-state index in [0.29, 0.717) is 13.0 Å². The van der Waals surface area contributed by atoms with E-state index in [2.05, 4.69) is 10.3 Å². The zero-order chi connectivity index (χ0) is 10.0. The van der Waals surface area contributed by atoms with E-state index in [1.807, 2.05) is 5.38 Å². The van der Waals surface area contributed by atoms with Gasteiger partial charge in [-0.15, -0.1) is 11.3 Å². The van der Waals surface area contributed by atoms with Crippen molar-refractivity contribution in [1.82, 2.24) is 4.98 Å². The van der Waals surface area contributed by atoms with Crippen LogP contribution in [-0.4, -0.2) is 17.5 Å². The Bertz CT molecular complexity index is 287. The lowest BCUT2D eigenvalue weighted by atomic mass is 10.1. The van der Waals surface area contributed by atoms with Gasteiger partial charge in [0.2, 0.25) is 5.92 Å². The van der Waals surface area contributed by atoms with Gasteiger partial charge in [0.15, 0.2) is 5.13 Å². The van der Waals surface area contributed by atoms with Gasteiger partial charge in [-0.2, -0.15) is 0 Å². The molecule has 1 saturated carbocycles. The predicted molar refractivity (Wildman–Crippen MR) is 52.9 cm³/mol. The van der Waals surface area contributed by atoms with Gasteiger partial charge in [0.1, 0.15) is 0 Å². The number of aromatic nitrogens is 1. The predicted octanol–water partition coefficient (Wildman–Crippen LogP) is 2.99. The monoisotopic (exact) mass is 218 g/mol. The maximum absolute atomic E-state index is 12.8. The van der Waals surface area contributed by atoms with Crippen LogP contribution in [-0.2, 0) is 0 Å². The van der Waals surface area contributed by atoms with Crippen molar-refractivity contribution < 1.29 is 8.78 Å². The topological polar surface area (TPSA) is 24.9 Å². The first-order chi connectivity index (χ1) is 6.66. The Kier molecular flexibility index (Phi) is 2.67. The second kappa shape index (κ2) is 3.81. The molecule has 5 heteroatoms. The fourth-order valence-corrected chi connectivity index (χ4v) is 2.30. The second-order valence-electron chi connectivity index (χ2n) is 3.68. The lowest BCUT2D eigenvalue weighted by Crippen LogP contribution is -2.15. The molecule has 2 rings (SSSR count). The van der Waals surface area contributed by atoms with Gasteiger partial charge in [0.05, 0.1) is 0 Å². The summed E-state index contributed by atoms with van der Waals surface area (Å²) in [6.07, 6.45) is 2.38. The van der Waals surface area contributed by atoms with Crippen LogP contribution < -0.4 is 5.32 Å². The molecule has 0 bridgehead atoms. The summed E-state index contributed by atoms with van der Waals surface area (Å²) in [5.41, 5.74) is 0. The third-order valence-electron chi connectivity index (χ3n) is 2.48. The number of halogens is 2. The summed E-state index contributed by atoms with van der Waals surface area (Å²) < 4.78 is 25.6. The number of hydrogen-bond acceptors (Lipinski definition) is 3. The van der Waals surface area contributed by atoms with E-state index in [1.165, 1.54) is 11.3 Å². The van der Waals surface area contributed by atoms with Gasteiger partial charge in [-0.25, -0.2) is 13.8 Å². The van der Waals surface area contributed by atoms with E-state index in [0.717, 1.165) is 5.13 Å². The van der Waals surface area contributed by atoms with Crippen molar-refractivity contribution in [2.45, 2.75) is 25.2 Å². The van der Waals surface area contributed by atoms with Crippen molar-refractivity contribution >= 4 is 16.5 Å². The quantitative estimate of drug-likeness (QED) is 0.843. The molecule has 0 saturated heterocycles. The Morgan fingerprint density at radius 3 is 3.07 bits per heavy atom. The molecule has 1 heterocycles. The van der Waals surface area contributed by atoms with Gasteiger partial charge in [0.25, 0.3) is 0 Å². The number of rotatable bonds is 3. The summed E-state index contributed by atoms with van der Waals surface area (Å²) in [5.74, 6) is -2.34. The van der Waals surface area contributed by atoms with E-state index in [-0.39, 0.29) is 18.8 Å². The number of anilines is 1. The number of nitrogens with zero attached hydrogens (tertiary/aromatic N) is 1. The molecule has 1 aliphatic rings. The fraction of sp³-hybridized carbons (Fsp3) is 0.667. The molecule has 1 atom stereocenters. The lowest BCUT2D eigenvalue weighted by Gasteiger charge is -2.10. The summed E-state index contributed by atoms with van der Waals surface area (Å²) >= 11 is 1.50. The molecular weight excluding hydrogens is 206 g/mol. The Hall–Kier alpha value is -0.710. The van der Waals surface area contributed by atoms with Gasteiger partial charge in [-0.05, 0) is 12.3 Å². The first kappa shape index (κ1) is 9.83. The van der Waals surface area contributed by atoms with Crippen LogP contribution in [0.15, 0.2) is 11.6 Å². The van der Waals surface area contributed by atoms with E-state index < -0.39 is 5.92 Å². The molecule has 0 aromatic carbocycles. The molecule has 0 amide bonds. The van der Waals surface area contributed by atoms with Crippen molar-refractivity contribution in [3.63, 3.8) is 0 Å². The molecule has 1 aromatic heterocycles. The minimum atomic E-state index is -2.44. The van der Waals surface area contributed by atoms with Crippen LogP contribution in [0, 0.1) is 5.92 Å². The molecule has 1 unspecified atom stereocenters. The summed E-state index contributed by atoms with van der Waals surface area (Å²) in [6.45, 7) is 0.614. The van der Waals surface area contributed by atoms with Crippen LogP contribution in [0.3, 0.4) is 0 Å². The van der Waals surface area contributed by atoms with Crippen LogP contribution >= 0.6 is 11.3 Å². The number of nitrogens with one attached hydrogen (secondary N) is 1. The number of thiazole rings is 1. The van der Waals surface area contributed by atoms with Crippen molar-refractivity contribution in [1.29, 1.82) is 0 Å². The van der Waals surface area contributed by atoms with Crippen LogP contribution in [0.4, 0.5) is 13.9 Å². The van der Waals surface area contributed by atoms with Gasteiger partial charge < -0.3 is 5.32 Å². The standard InChI is InChI=1S/C9H12F2N2S/c10-9(11)2-1-7(5-9)6-13-8-12-3-4-14-8/h3-4,7H,1-2,5-6H2,(H,12,13). The van der Waals surface area contributed by atoms with Crippen molar-refractivity contribution in [3.8, 4) is 0 Å². The molecule has 2 nitrogen and oxygen atoms in total. The van der Waals surface area contributed by atoms with E-state index in [4.69, 9.17) is 0 Å². The maximum Gasteiger partial charge on any atom is 0.248 e. The molecular formula is C9H12F2N2S. The van der Waals surface area contributed by atoms with Gasteiger partial charge in [-0.3, -0.25) is 0 Å². The lowest BCUT2D eigenvalue weighted by molar-refractivity contribution is 0.00556. The zero-order valence-corrected chi connectivity index (χ0v) is 8.49. The summed E-state index contributed by atoms with van der Waals surface area (Å²) in [4.78, 5) is 4.03. The Labute approximate surface area is 85.4 Å². The molecule has 0 spiro atoms. The highest BCUT2D eigenvalue weighted by Crippen LogP contribution is 2.38. The van der Waals surface area contributed by atoms with Gasteiger partial charge in [0, 0.05) is 31.0 Å². The average molecular weight is 218 g/mol. The third kappa shape index (κ3) is 2.41. The molecule has 0 radical (unpaired) electrons. The Balaban J connectivity index is 1.78. The third-order valence-corrected chi connectivity index (χ3v) is 3.21. The second-order valence-corrected chi connectivity index (χ2v) is 4.58.